The number of nitrogens with zero attached hydrogens (tertiary/aromatic N) is 3. The van der Waals surface area contributed by atoms with Gasteiger partial charge in [-0.15, -0.1) is 0 Å². The van der Waals surface area contributed by atoms with E-state index in [0.29, 0.717) is 0 Å². The first kappa shape index (κ1) is 39.9. The molecule has 3 heteroatoms. The van der Waals surface area contributed by atoms with Gasteiger partial charge in [0, 0.05) is 50.6 Å². The minimum absolute atomic E-state index is 0.588. The lowest BCUT2D eigenvalue weighted by atomic mass is 9.70. The summed E-state index contributed by atoms with van der Waals surface area (Å²) in [7, 11) is 0. The maximum Gasteiger partial charge on any atom is 0.0727 e. The minimum atomic E-state index is -0.588. The molecule has 0 aliphatic heterocycles. The summed E-state index contributed by atoms with van der Waals surface area (Å²) in [4.78, 5) is 4.85. The largest absolute Gasteiger partial charge is 0.310 e. The molecule has 1 atom stereocenters. The fourth-order valence-electron chi connectivity index (χ4n) is 11.8. The van der Waals surface area contributed by atoms with Crippen molar-refractivity contribution in [2.45, 2.75) is 5.41 Å². The summed E-state index contributed by atoms with van der Waals surface area (Å²) in [6.07, 6.45) is 0. The molecule has 70 heavy (non-hydrogen) atoms. The molecule has 2 aliphatic carbocycles. The van der Waals surface area contributed by atoms with Crippen molar-refractivity contribution in [2.75, 3.05) is 9.80 Å². The Morgan fingerprint density at radius 3 is 1.26 bits per heavy atom. The monoisotopic (exact) mass is 891 g/mol. The SMILES string of the molecule is c1ccc(-c2ccc(N(c3ccccc3)c3ccc4c(c3)C3(c5ccccc5-4)c4ccccc4-c4ccc(N(c5ccccc5)c5ccc6c7ccccc7n(-c7ccccc7)c6c5)cc43)cc2)cc1. The summed E-state index contributed by atoms with van der Waals surface area (Å²) in [5, 5.41) is 2.47. The Bertz CT molecular complexity index is 3920. The van der Waals surface area contributed by atoms with Crippen LogP contribution in [-0.4, -0.2) is 4.57 Å². The van der Waals surface area contributed by atoms with Crippen molar-refractivity contribution >= 4 is 55.9 Å². The van der Waals surface area contributed by atoms with Gasteiger partial charge in [0.05, 0.1) is 16.4 Å². The lowest BCUT2D eigenvalue weighted by Crippen LogP contribution is -2.26. The van der Waals surface area contributed by atoms with Crippen molar-refractivity contribution in [1.29, 1.82) is 0 Å². The maximum absolute atomic E-state index is 2.50. The van der Waals surface area contributed by atoms with Gasteiger partial charge in [-0.3, -0.25) is 0 Å². The zero-order chi connectivity index (χ0) is 46.2. The number of anilines is 6. The third-order valence-electron chi connectivity index (χ3n) is 14.8. The Labute approximate surface area is 408 Å². The maximum atomic E-state index is 2.50. The minimum Gasteiger partial charge on any atom is -0.310 e. The van der Waals surface area contributed by atoms with Gasteiger partial charge in [0.2, 0.25) is 0 Å². The topological polar surface area (TPSA) is 11.4 Å². The number of aromatic nitrogens is 1. The molecule has 1 heterocycles. The van der Waals surface area contributed by atoms with E-state index in [1.165, 1.54) is 77.4 Å². The van der Waals surface area contributed by atoms with E-state index in [4.69, 9.17) is 0 Å². The molecule has 14 rings (SSSR count). The Balaban J connectivity index is 0.987. The molecule has 0 radical (unpaired) electrons. The average Bonchev–Trinajstić information content (AvgIpc) is 4.03. The fraction of sp³-hybridized carbons (Fsp3) is 0.0149. The van der Waals surface area contributed by atoms with Gasteiger partial charge in [-0.2, -0.15) is 0 Å². The molecule has 0 saturated heterocycles. The van der Waals surface area contributed by atoms with Crippen LogP contribution in [0.5, 0.6) is 0 Å². The standard InChI is InChI=1S/C67H45N3/c1-5-19-46(20-6-1)47-33-35-51(36-34-47)68(48-21-7-2-8-22-48)52-37-40-57-55-27-13-16-30-61(55)67(63(57)43-52)62-31-17-14-28-56(62)58-41-38-53(44-64(58)67)69(49-23-9-3-10-24-49)54-39-42-60-59-29-15-18-32-65(59)70(66(60)45-54)50-25-11-4-12-26-50/h1-45H. The van der Waals surface area contributed by atoms with Crippen LogP contribution in [0.25, 0.3) is 60.9 Å². The lowest BCUT2D eigenvalue weighted by Gasteiger charge is -2.33. The first-order valence-electron chi connectivity index (χ1n) is 24.2. The molecule has 1 aromatic heterocycles. The molecule has 0 fully saturated rings. The molecule has 328 valence electrons. The summed E-state index contributed by atoms with van der Waals surface area (Å²) in [5.41, 5.74) is 22.2. The van der Waals surface area contributed by atoms with Gasteiger partial charge < -0.3 is 14.4 Å². The molecule has 2 aliphatic rings. The summed E-state index contributed by atoms with van der Waals surface area (Å²) in [6.45, 7) is 0. The molecular weight excluding hydrogens is 847 g/mol. The lowest BCUT2D eigenvalue weighted by molar-refractivity contribution is 0.793. The van der Waals surface area contributed by atoms with Gasteiger partial charge in [0.1, 0.15) is 0 Å². The van der Waals surface area contributed by atoms with Gasteiger partial charge in [-0.05, 0) is 147 Å². The number of para-hydroxylation sites is 4. The zero-order valence-electron chi connectivity index (χ0n) is 38.3. The Morgan fingerprint density at radius 1 is 0.257 bits per heavy atom. The van der Waals surface area contributed by atoms with E-state index in [2.05, 4.69) is 287 Å². The highest BCUT2D eigenvalue weighted by atomic mass is 15.1. The molecule has 0 saturated carbocycles. The summed E-state index contributed by atoms with van der Waals surface area (Å²) >= 11 is 0. The van der Waals surface area contributed by atoms with E-state index in [-0.39, 0.29) is 0 Å². The van der Waals surface area contributed by atoms with Crippen molar-refractivity contribution in [1.82, 2.24) is 4.57 Å². The van der Waals surface area contributed by atoms with Crippen LogP contribution in [0.4, 0.5) is 34.1 Å². The van der Waals surface area contributed by atoms with Gasteiger partial charge in [-0.25, -0.2) is 0 Å². The normalized spacial score (nSPS) is 14.1. The molecule has 1 spiro atoms. The third kappa shape index (κ3) is 6.01. The number of hydrogen-bond acceptors (Lipinski definition) is 2. The fourth-order valence-corrected chi connectivity index (χ4v) is 11.8. The van der Waals surface area contributed by atoms with Crippen LogP contribution in [0.15, 0.2) is 273 Å². The third-order valence-corrected chi connectivity index (χ3v) is 14.8. The van der Waals surface area contributed by atoms with Crippen LogP contribution in [0, 0.1) is 0 Å². The van der Waals surface area contributed by atoms with E-state index < -0.39 is 5.41 Å². The van der Waals surface area contributed by atoms with Crippen LogP contribution >= 0.6 is 0 Å². The number of benzene rings is 11. The molecule has 0 N–H and O–H groups in total. The van der Waals surface area contributed by atoms with Crippen molar-refractivity contribution in [3.63, 3.8) is 0 Å². The first-order chi connectivity index (χ1) is 34.7. The highest BCUT2D eigenvalue weighted by Crippen LogP contribution is 2.64. The van der Waals surface area contributed by atoms with E-state index in [0.717, 1.165) is 39.8 Å². The van der Waals surface area contributed by atoms with Gasteiger partial charge in [0.15, 0.2) is 0 Å². The van der Waals surface area contributed by atoms with Gasteiger partial charge in [-0.1, -0.05) is 182 Å². The van der Waals surface area contributed by atoms with Crippen LogP contribution < -0.4 is 9.80 Å². The second kappa shape index (κ2) is 16.0. The van der Waals surface area contributed by atoms with Crippen LogP contribution in [0.1, 0.15) is 22.3 Å². The number of fused-ring (bicyclic) bond motifs is 13. The van der Waals surface area contributed by atoms with Crippen molar-refractivity contribution in [3.8, 4) is 39.1 Å². The Hall–Kier alpha value is -9.18. The smallest absolute Gasteiger partial charge is 0.0727 e. The van der Waals surface area contributed by atoms with Crippen LogP contribution in [0.2, 0.25) is 0 Å². The molecule has 0 amide bonds. The van der Waals surface area contributed by atoms with Gasteiger partial charge in [0.25, 0.3) is 0 Å². The predicted molar refractivity (Wildman–Crippen MR) is 292 cm³/mol. The van der Waals surface area contributed by atoms with Crippen molar-refractivity contribution in [3.05, 3.63) is 295 Å². The highest BCUT2D eigenvalue weighted by Gasteiger charge is 2.52. The first-order valence-corrected chi connectivity index (χ1v) is 24.2. The molecule has 12 aromatic rings. The highest BCUT2D eigenvalue weighted by molar-refractivity contribution is 6.10. The summed E-state index contributed by atoms with van der Waals surface area (Å²) < 4.78 is 2.41. The number of hydrogen-bond donors (Lipinski definition) is 0. The van der Waals surface area contributed by atoms with Gasteiger partial charge >= 0.3 is 0 Å². The van der Waals surface area contributed by atoms with Crippen molar-refractivity contribution in [2.24, 2.45) is 0 Å². The van der Waals surface area contributed by atoms with Crippen molar-refractivity contribution < 1.29 is 0 Å². The van der Waals surface area contributed by atoms with Crippen LogP contribution in [0.3, 0.4) is 0 Å². The number of rotatable bonds is 8. The quantitative estimate of drug-likeness (QED) is 0.151. The second-order valence-electron chi connectivity index (χ2n) is 18.4. The molecular formula is C67H45N3. The molecule has 3 nitrogen and oxygen atoms in total. The molecule has 0 bridgehead atoms. The second-order valence-corrected chi connectivity index (χ2v) is 18.4. The van der Waals surface area contributed by atoms with E-state index >= 15 is 0 Å². The Morgan fingerprint density at radius 2 is 0.657 bits per heavy atom. The van der Waals surface area contributed by atoms with E-state index in [9.17, 15) is 0 Å². The Kier molecular flexibility index (Phi) is 9.11. The van der Waals surface area contributed by atoms with E-state index in [1.54, 1.807) is 0 Å². The van der Waals surface area contributed by atoms with Crippen LogP contribution in [-0.2, 0) is 5.41 Å². The summed E-state index contributed by atoms with van der Waals surface area (Å²) in [5.74, 6) is 0. The summed E-state index contributed by atoms with van der Waals surface area (Å²) in [6, 6.07) is 100. The zero-order valence-corrected chi connectivity index (χ0v) is 38.3. The molecule has 1 unspecified atom stereocenters. The van der Waals surface area contributed by atoms with E-state index in [1.807, 2.05) is 0 Å². The predicted octanol–water partition coefficient (Wildman–Crippen LogP) is 17.7. The average molecular weight is 892 g/mol. The molecule has 11 aromatic carbocycles.